The van der Waals surface area contributed by atoms with E-state index in [0.717, 1.165) is 17.2 Å². The van der Waals surface area contributed by atoms with E-state index in [1.807, 2.05) is 27.0 Å². The van der Waals surface area contributed by atoms with Crippen molar-refractivity contribution in [3.05, 3.63) is 59.8 Å². The predicted octanol–water partition coefficient (Wildman–Crippen LogP) is 3.85. The van der Waals surface area contributed by atoms with Crippen LogP contribution in [0.3, 0.4) is 0 Å². The normalized spacial score (nSPS) is 9.96. The van der Waals surface area contributed by atoms with Gasteiger partial charge in [-0.2, -0.15) is 0 Å². The number of nitrogens with zero attached hydrogens (tertiary/aromatic N) is 1. The molecule has 0 saturated heterocycles. The second kappa shape index (κ2) is 7.46. The maximum absolute atomic E-state index is 12.4. The summed E-state index contributed by atoms with van der Waals surface area (Å²) < 4.78 is 1.80. The third-order valence-corrected chi connectivity index (χ3v) is 3.60. The van der Waals surface area contributed by atoms with Gasteiger partial charge in [0, 0.05) is 34.9 Å². The summed E-state index contributed by atoms with van der Waals surface area (Å²) in [4.78, 5) is 23.3. The van der Waals surface area contributed by atoms with Gasteiger partial charge >= 0.3 is 0 Å². The Balaban J connectivity index is 0.00000100. The van der Waals surface area contributed by atoms with Gasteiger partial charge in [0.2, 0.25) is 0 Å². The molecule has 1 aromatic heterocycles. The van der Waals surface area contributed by atoms with Gasteiger partial charge in [-0.25, -0.2) is 0 Å². The third-order valence-electron chi connectivity index (χ3n) is 3.60. The zero-order chi connectivity index (χ0) is 17.7. The van der Waals surface area contributed by atoms with E-state index >= 15 is 0 Å². The molecule has 24 heavy (non-hydrogen) atoms. The number of anilines is 2. The lowest BCUT2D eigenvalue weighted by atomic mass is 10.2. The number of amides is 1. The monoisotopic (exact) mass is 323 g/mol. The van der Waals surface area contributed by atoms with Gasteiger partial charge in [-0.05, 0) is 48.5 Å². The van der Waals surface area contributed by atoms with E-state index in [1.54, 1.807) is 47.0 Å². The molecule has 0 fully saturated rings. The number of rotatable bonds is 3. The third kappa shape index (κ3) is 3.46. The lowest BCUT2D eigenvalue weighted by Crippen LogP contribution is -2.15. The van der Waals surface area contributed by atoms with Gasteiger partial charge in [-0.3, -0.25) is 9.59 Å². The maximum Gasteiger partial charge on any atom is 0.272 e. The van der Waals surface area contributed by atoms with Crippen LogP contribution in [0, 0.1) is 0 Å². The van der Waals surface area contributed by atoms with E-state index < -0.39 is 0 Å². The van der Waals surface area contributed by atoms with Gasteiger partial charge in [0.05, 0.1) is 0 Å². The number of carbonyl (C=O) groups is 2. The number of aromatic nitrogens is 1. The van der Waals surface area contributed by atoms with Crippen LogP contribution in [0.15, 0.2) is 48.5 Å². The molecule has 1 heterocycles. The highest BCUT2D eigenvalue weighted by Gasteiger charge is 2.13. The number of hydrogen-bond acceptors (Lipinski definition) is 3. The van der Waals surface area contributed by atoms with Crippen molar-refractivity contribution >= 4 is 34.5 Å². The molecule has 124 valence electrons. The zero-order valence-corrected chi connectivity index (χ0v) is 14.0. The van der Waals surface area contributed by atoms with Crippen molar-refractivity contribution < 1.29 is 9.59 Å². The highest BCUT2D eigenvalue weighted by molar-refractivity contribution is 6.06. The van der Waals surface area contributed by atoms with E-state index in [4.69, 9.17) is 5.73 Å². The first-order valence-corrected chi connectivity index (χ1v) is 7.80. The Morgan fingerprint density at radius 2 is 1.75 bits per heavy atom. The summed E-state index contributed by atoms with van der Waals surface area (Å²) in [6.45, 7) is 4.00. The minimum absolute atomic E-state index is 0.212. The molecule has 3 N–H and O–H groups in total. The average Bonchev–Trinajstić information content (AvgIpc) is 2.95. The molecule has 0 saturated carbocycles. The number of carbonyl (C=O) groups excluding carboxylic acids is 2. The number of aldehydes is 1. The Morgan fingerprint density at radius 3 is 2.38 bits per heavy atom. The first-order chi connectivity index (χ1) is 11.6. The van der Waals surface area contributed by atoms with Gasteiger partial charge < -0.3 is 15.6 Å². The van der Waals surface area contributed by atoms with E-state index in [1.165, 1.54) is 0 Å². The second-order valence-electron chi connectivity index (χ2n) is 5.10. The van der Waals surface area contributed by atoms with Crippen LogP contribution in [0.4, 0.5) is 11.4 Å². The Kier molecular flexibility index (Phi) is 5.37. The van der Waals surface area contributed by atoms with E-state index in [9.17, 15) is 9.59 Å². The number of nitrogens with one attached hydrogen (secondary N) is 1. The van der Waals surface area contributed by atoms with Crippen LogP contribution in [0.25, 0.3) is 10.9 Å². The van der Waals surface area contributed by atoms with Gasteiger partial charge in [0.15, 0.2) is 0 Å². The van der Waals surface area contributed by atoms with Crippen molar-refractivity contribution in [2.45, 2.75) is 13.8 Å². The second-order valence-corrected chi connectivity index (χ2v) is 5.10. The summed E-state index contributed by atoms with van der Waals surface area (Å²) in [5.41, 5.74) is 8.95. The molecule has 0 radical (unpaired) electrons. The van der Waals surface area contributed by atoms with Crippen LogP contribution in [-0.2, 0) is 7.05 Å². The van der Waals surface area contributed by atoms with Crippen LogP contribution in [0.5, 0.6) is 0 Å². The molecule has 1 amide bonds. The van der Waals surface area contributed by atoms with E-state index in [-0.39, 0.29) is 5.91 Å². The predicted molar refractivity (Wildman–Crippen MR) is 98.5 cm³/mol. The highest BCUT2D eigenvalue weighted by atomic mass is 16.2. The zero-order valence-electron chi connectivity index (χ0n) is 14.0. The Bertz CT molecular complexity index is 864. The number of aryl methyl sites for hydroxylation is 1. The molecule has 3 rings (SSSR count). The van der Waals surface area contributed by atoms with Crippen LogP contribution >= 0.6 is 0 Å². The fraction of sp³-hybridized carbons (Fsp3) is 0.158. The Labute approximate surface area is 141 Å². The fourth-order valence-electron chi connectivity index (χ4n) is 2.42. The molecule has 5 heteroatoms. The Hall–Kier alpha value is -3.08. The molecule has 2 aromatic carbocycles. The summed E-state index contributed by atoms with van der Waals surface area (Å²) in [5.74, 6) is -0.212. The molecule has 0 bridgehead atoms. The largest absolute Gasteiger partial charge is 0.399 e. The van der Waals surface area contributed by atoms with Gasteiger partial charge in [0.1, 0.15) is 12.0 Å². The quantitative estimate of drug-likeness (QED) is 0.567. The molecule has 0 aliphatic heterocycles. The number of hydrogen-bond donors (Lipinski definition) is 2. The Morgan fingerprint density at radius 1 is 1.08 bits per heavy atom. The fourth-order valence-corrected chi connectivity index (χ4v) is 2.42. The molecule has 0 spiro atoms. The van der Waals surface area contributed by atoms with Crippen LogP contribution in [0.1, 0.15) is 34.7 Å². The number of benzene rings is 2. The van der Waals surface area contributed by atoms with E-state index in [0.29, 0.717) is 22.6 Å². The first-order valence-electron chi connectivity index (χ1n) is 7.80. The SMILES string of the molecule is CC.Cn1c(C(=O)Nc2ccc(N)cc2)cc2cc(C=O)ccc21. The molecular formula is C19H21N3O2. The van der Waals surface area contributed by atoms with Crippen molar-refractivity contribution in [1.82, 2.24) is 4.57 Å². The van der Waals surface area contributed by atoms with Crippen molar-refractivity contribution in [1.29, 1.82) is 0 Å². The first kappa shape index (κ1) is 17.3. The maximum atomic E-state index is 12.4. The van der Waals surface area contributed by atoms with Gasteiger partial charge in [0.25, 0.3) is 5.91 Å². The van der Waals surface area contributed by atoms with Crippen molar-refractivity contribution in [3.63, 3.8) is 0 Å². The standard InChI is InChI=1S/C17H15N3O2.C2H6/c1-20-15-7-2-11(10-21)8-12(15)9-16(20)17(22)19-14-5-3-13(18)4-6-14;1-2/h2-10H,18H2,1H3,(H,19,22);1-2H3. The topological polar surface area (TPSA) is 77.1 Å². The van der Waals surface area contributed by atoms with Crippen molar-refractivity contribution in [3.8, 4) is 0 Å². The molecule has 5 nitrogen and oxygen atoms in total. The molecule has 0 aliphatic carbocycles. The van der Waals surface area contributed by atoms with Crippen LogP contribution in [-0.4, -0.2) is 16.8 Å². The molecule has 3 aromatic rings. The van der Waals surface area contributed by atoms with Gasteiger partial charge in [-0.1, -0.05) is 13.8 Å². The number of fused-ring (bicyclic) bond motifs is 1. The number of nitrogens with two attached hydrogens (primary N) is 1. The van der Waals surface area contributed by atoms with Crippen molar-refractivity contribution in [2.75, 3.05) is 11.1 Å². The highest BCUT2D eigenvalue weighted by Crippen LogP contribution is 2.21. The smallest absolute Gasteiger partial charge is 0.272 e. The van der Waals surface area contributed by atoms with Gasteiger partial charge in [-0.15, -0.1) is 0 Å². The minimum atomic E-state index is -0.212. The summed E-state index contributed by atoms with van der Waals surface area (Å²) in [6.07, 6.45) is 0.792. The molecule has 0 atom stereocenters. The summed E-state index contributed by atoms with van der Waals surface area (Å²) in [6, 6.07) is 14.1. The average molecular weight is 323 g/mol. The summed E-state index contributed by atoms with van der Waals surface area (Å²) >= 11 is 0. The molecule has 0 unspecified atom stereocenters. The lowest BCUT2D eigenvalue weighted by Gasteiger charge is -2.06. The van der Waals surface area contributed by atoms with Crippen LogP contribution < -0.4 is 11.1 Å². The lowest BCUT2D eigenvalue weighted by molar-refractivity contribution is 0.101. The summed E-state index contributed by atoms with van der Waals surface area (Å²) in [5, 5.41) is 3.69. The number of nitrogen functional groups attached to an aromatic ring is 1. The van der Waals surface area contributed by atoms with Crippen molar-refractivity contribution in [2.24, 2.45) is 7.05 Å². The van der Waals surface area contributed by atoms with Crippen LogP contribution in [0.2, 0.25) is 0 Å². The molecule has 0 aliphatic rings. The van der Waals surface area contributed by atoms with E-state index in [2.05, 4.69) is 5.32 Å². The summed E-state index contributed by atoms with van der Waals surface area (Å²) in [7, 11) is 1.82. The minimum Gasteiger partial charge on any atom is -0.399 e. The molecular weight excluding hydrogens is 302 g/mol.